The van der Waals surface area contributed by atoms with Crippen molar-refractivity contribution in [3.63, 3.8) is 0 Å². The van der Waals surface area contributed by atoms with Crippen LogP contribution in [0.25, 0.3) is 28.3 Å². The monoisotopic (exact) mass is 492 g/mol. The van der Waals surface area contributed by atoms with Crippen LogP contribution in [0.4, 0.5) is 0 Å². The second-order valence-electron chi connectivity index (χ2n) is 8.36. The Labute approximate surface area is 207 Å². The van der Waals surface area contributed by atoms with Crippen molar-refractivity contribution in [2.24, 2.45) is 0 Å². The molecule has 2 aliphatic heterocycles. The number of likely N-dealkylation sites (tertiary alicyclic amines) is 1. The largest absolute Gasteiger partial charge is 0.355 e. The molecule has 3 heterocycles. The third-order valence-corrected chi connectivity index (χ3v) is 7.27. The van der Waals surface area contributed by atoms with Crippen LogP contribution in [0.5, 0.6) is 0 Å². The number of rotatable bonds is 6. The number of amides is 2. The van der Waals surface area contributed by atoms with Gasteiger partial charge in [-0.3, -0.25) is 15.0 Å². The lowest BCUT2D eigenvalue weighted by molar-refractivity contribution is -0.133. The van der Waals surface area contributed by atoms with E-state index in [9.17, 15) is 9.59 Å². The summed E-state index contributed by atoms with van der Waals surface area (Å²) in [5.41, 5.74) is 5.18. The fourth-order valence-electron chi connectivity index (χ4n) is 4.19. The second-order valence-corrected chi connectivity index (χ2v) is 10.0. The van der Waals surface area contributed by atoms with E-state index < -0.39 is 0 Å². The van der Waals surface area contributed by atoms with Gasteiger partial charge in [-0.1, -0.05) is 59.7 Å². The number of thiocarbonyl (C=S) groups is 1. The quantitative estimate of drug-likeness (QED) is 0.398. The van der Waals surface area contributed by atoms with Gasteiger partial charge < -0.3 is 9.42 Å². The Balaban J connectivity index is 1.29. The fraction of sp³-hybridized carbons (Fsp3) is 0.280. The zero-order valence-corrected chi connectivity index (χ0v) is 20.2. The standard InChI is InChI=1S/C25H24N4O3S2/c30-22(11-14-28-12-5-2-6-13-28)26-29-24(31)21(34-25(29)33)16-17-9-10-20-19(15-17)23(32-27-20)18-7-3-1-4-8-18/h1,3-4,7-10,15-16H,2,5-6,11-14H2,(H,26,30)/b21-16+. The van der Waals surface area contributed by atoms with E-state index in [1.165, 1.54) is 36.0 Å². The van der Waals surface area contributed by atoms with Crippen LogP contribution >= 0.6 is 24.0 Å². The van der Waals surface area contributed by atoms with Crippen LogP contribution in [0.1, 0.15) is 31.2 Å². The molecule has 0 aliphatic carbocycles. The van der Waals surface area contributed by atoms with Crippen LogP contribution in [0.15, 0.2) is 58.0 Å². The van der Waals surface area contributed by atoms with Gasteiger partial charge in [0.15, 0.2) is 10.1 Å². The van der Waals surface area contributed by atoms with Gasteiger partial charge in [0.25, 0.3) is 5.91 Å². The molecule has 0 unspecified atom stereocenters. The minimum atomic E-state index is -0.324. The van der Waals surface area contributed by atoms with Crippen molar-refractivity contribution in [1.82, 2.24) is 20.5 Å². The Morgan fingerprint density at radius 1 is 1.15 bits per heavy atom. The summed E-state index contributed by atoms with van der Waals surface area (Å²) < 4.78 is 5.89. The van der Waals surface area contributed by atoms with Crippen LogP contribution < -0.4 is 5.43 Å². The number of carbonyl (C=O) groups excluding carboxylic acids is 2. The van der Waals surface area contributed by atoms with Crippen molar-refractivity contribution in [1.29, 1.82) is 0 Å². The molecule has 0 saturated carbocycles. The molecule has 7 nitrogen and oxygen atoms in total. The topological polar surface area (TPSA) is 78.7 Å². The third kappa shape index (κ3) is 4.91. The van der Waals surface area contributed by atoms with Gasteiger partial charge in [0.05, 0.1) is 10.3 Å². The van der Waals surface area contributed by atoms with Crippen LogP contribution in [0.2, 0.25) is 0 Å². The molecule has 34 heavy (non-hydrogen) atoms. The summed E-state index contributed by atoms with van der Waals surface area (Å²) in [6, 6.07) is 15.4. The number of aromatic nitrogens is 1. The molecule has 1 N–H and O–H groups in total. The first kappa shape index (κ1) is 22.8. The smallest absolute Gasteiger partial charge is 0.285 e. The maximum atomic E-state index is 13.0. The Hall–Kier alpha value is -3.01. The number of hydrazine groups is 1. The molecule has 5 rings (SSSR count). The molecule has 0 radical (unpaired) electrons. The van der Waals surface area contributed by atoms with Crippen LogP contribution in [0, 0.1) is 0 Å². The number of hydrogen-bond donors (Lipinski definition) is 1. The summed E-state index contributed by atoms with van der Waals surface area (Å²) in [5.74, 6) is 0.149. The third-order valence-electron chi connectivity index (χ3n) is 5.97. The number of nitrogens with zero attached hydrogens (tertiary/aromatic N) is 3. The average Bonchev–Trinajstić information content (AvgIpc) is 3.40. The van der Waals surface area contributed by atoms with Gasteiger partial charge in [0, 0.05) is 18.5 Å². The highest BCUT2D eigenvalue weighted by atomic mass is 32.2. The Bertz CT molecular complexity index is 1270. The molecule has 9 heteroatoms. The number of benzene rings is 2. The van der Waals surface area contributed by atoms with Gasteiger partial charge in [0.1, 0.15) is 5.52 Å². The number of fused-ring (bicyclic) bond motifs is 1. The van der Waals surface area contributed by atoms with Crippen LogP contribution in [-0.4, -0.2) is 50.8 Å². The molecule has 3 aromatic rings. The molecule has 2 aliphatic rings. The number of thioether (sulfide) groups is 1. The van der Waals surface area contributed by atoms with E-state index in [0.717, 1.165) is 35.1 Å². The Morgan fingerprint density at radius 2 is 1.94 bits per heavy atom. The predicted molar refractivity (Wildman–Crippen MR) is 138 cm³/mol. The zero-order chi connectivity index (χ0) is 23.5. The lowest BCUT2D eigenvalue weighted by atomic mass is 10.1. The summed E-state index contributed by atoms with van der Waals surface area (Å²) >= 11 is 6.54. The summed E-state index contributed by atoms with van der Waals surface area (Å²) in [6.07, 6.45) is 5.72. The van der Waals surface area contributed by atoms with Gasteiger partial charge >= 0.3 is 0 Å². The van der Waals surface area contributed by atoms with Gasteiger partial charge in [-0.05, 0) is 61.9 Å². The van der Waals surface area contributed by atoms with E-state index in [1.54, 1.807) is 6.08 Å². The lowest BCUT2D eigenvalue weighted by Crippen LogP contribution is -2.46. The molecular weight excluding hydrogens is 468 g/mol. The van der Waals surface area contributed by atoms with E-state index >= 15 is 0 Å². The van der Waals surface area contributed by atoms with Gasteiger partial charge in [-0.25, -0.2) is 0 Å². The van der Waals surface area contributed by atoms with Crippen molar-refractivity contribution >= 4 is 57.1 Å². The number of carbonyl (C=O) groups is 2. The first-order valence-electron chi connectivity index (χ1n) is 11.3. The highest BCUT2D eigenvalue weighted by Gasteiger charge is 2.33. The molecule has 0 bridgehead atoms. The highest BCUT2D eigenvalue weighted by molar-refractivity contribution is 8.26. The molecule has 2 aromatic carbocycles. The Morgan fingerprint density at radius 3 is 2.74 bits per heavy atom. The SMILES string of the molecule is O=C(CCN1CCCCC1)NN1C(=O)/C(=C\c2ccc3noc(-c4ccccc4)c3c2)SC1=S. The molecule has 2 amide bonds. The minimum absolute atomic E-state index is 0.207. The second kappa shape index (κ2) is 10.1. The molecule has 174 valence electrons. The first-order chi connectivity index (χ1) is 16.6. The molecule has 0 atom stereocenters. The molecule has 2 saturated heterocycles. The zero-order valence-electron chi connectivity index (χ0n) is 18.5. The van der Waals surface area contributed by atoms with Crippen molar-refractivity contribution in [3.8, 4) is 11.3 Å². The maximum absolute atomic E-state index is 13.0. The fourth-order valence-corrected chi connectivity index (χ4v) is 5.36. The van der Waals surface area contributed by atoms with E-state index in [2.05, 4.69) is 15.5 Å². The predicted octanol–water partition coefficient (Wildman–Crippen LogP) is 4.60. The van der Waals surface area contributed by atoms with Crippen LogP contribution in [0.3, 0.4) is 0 Å². The highest BCUT2D eigenvalue weighted by Crippen LogP contribution is 2.33. The summed E-state index contributed by atoms with van der Waals surface area (Å²) in [6.45, 7) is 2.75. The molecule has 1 aromatic heterocycles. The minimum Gasteiger partial charge on any atom is -0.355 e. The van der Waals surface area contributed by atoms with E-state index in [4.69, 9.17) is 16.7 Å². The van der Waals surface area contributed by atoms with E-state index in [0.29, 0.717) is 28.0 Å². The lowest BCUT2D eigenvalue weighted by Gasteiger charge is -2.26. The molecule has 0 spiro atoms. The molecular formula is C25H24N4O3S2. The van der Waals surface area contributed by atoms with E-state index in [-0.39, 0.29) is 11.8 Å². The van der Waals surface area contributed by atoms with Crippen molar-refractivity contribution < 1.29 is 14.1 Å². The maximum Gasteiger partial charge on any atom is 0.285 e. The molecule has 2 fully saturated rings. The number of hydrogen-bond acceptors (Lipinski definition) is 7. The van der Waals surface area contributed by atoms with Gasteiger partial charge in [-0.15, -0.1) is 0 Å². The van der Waals surface area contributed by atoms with Crippen molar-refractivity contribution in [2.45, 2.75) is 25.7 Å². The van der Waals surface area contributed by atoms with Crippen molar-refractivity contribution in [2.75, 3.05) is 19.6 Å². The Kier molecular flexibility index (Phi) is 6.75. The number of nitrogens with one attached hydrogen (secondary N) is 1. The van der Waals surface area contributed by atoms with E-state index in [1.807, 2.05) is 48.5 Å². The average molecular weight is 493 g/mol. The van der Waals surface area contributed by atoms with Gasteiger partial charge in [0.2, 0.25) is 5.91 Å². The summed E-state index contributed by atoms with van der Waals surface area (Å²) in [7, 11) is 0. The van der Waals surface area contributed by atoms with Gasteiger partial charge in [-0.2, -0.15) is 5.01 Å². The van der Waals surface area contributed by atoms with Crippen LogP contribution in [-0.2, 0) is 9.59 Å². The normalized spacial score (nSPS) is 18.2. The number of piperidine rings is 1. The van der Waals surface area contributed by atoms with Crippen molar-refractivity contribution in [3.05, 3.63) is 59.0 Å². The summed E-state index contributed by atoms with van der Waals surface area (Å²) in [4.78, 5) is 28.2. The summed E-state index contributed by atoms with van der Waals surface area (Å²) in [5, 5.41) is 6.18. The first-order valence-corrected chi connectivity index (χ1v) is 12.6.